The Labute approximate surface area is 251 Å². The van der Waals surface area contributed by atoms with Crippen LogP contribution in [-0.4, -0.2) is 44.1 Å². The number of fused-ring (bicyclic) bond motifs is 5. The highest BCUT2D eigenvalue weighted by Crippen LogP contribution is 2.62. The summed E-state index contributed by atoms with van der Waals surface area (Å²) in [5.41, 5.74) is 0.699. The van der Waals surface area contributed by atoms with Crippen molar-refractivity contribution in [2.45, 2.75) is 127 Å². The lowest BCUT2D eigenvalue weighted by molar-refractivity contribution is -0.284. The molecule has 234 valence electrons. The van der Waals surface area contributed by atoms with E-state index in [9.17, 15) is 36.4 Å². The Bertz CT molecular complexity index is 1260. The zero-order valence-electron chi connectivity index (χ0n) is 28.8. The van der Waals surface area contributed by atoms with E-state index in [1.807, 2.05) is 6.92 Å². The first-order valence-corrected chi connectivity index (χ1v) is 16.6. The SMILES string of the molecule is [2H]c1cc2c(c([2H])c1O)CC(CCCCCCCCCS(=O)CCCC(F)(F)C(F)(F)F)C1C2CC[C@@]2(C)C1CC([2H])([2H])[C@]2([2H])O. The smallest absolute Gasteiger partial charge is 0.453 e. The topological polar surface area (TPSA) is 57.5 Å². The van der Waals surface area contributed by atoms with Crippen molar-refractivity contribution in [3.05, 3.63) is 29.3 Å². The molecule has 2 N–H and O–H groups in total. The Balaban J connectivity index is 1.27. The molecule has 9 heteroatoms. The van der Waals surface area contributed by atoms with E-state index in [0.717, 1.165) is 56.1 Å². The molecule has 1 aromatic carbocycles. The van der Waals surface area contributed by atoms with Gasteiger partial charge < -0.3 is 10.2 Å². The number of rotatable bonds is 14. The first-order chi connectivity index (χ1) is 21.2. The van der Waals surface area contributed by atoms with Crippen LogP contribution < -0.4 is 0 Å². The van der Waals surface area contributed by atoms with Crippen molar-refractivity contribution < 1.29 is 43.2 Å². The predicted octanol–water partition coefficient (Wildman–Crippen LogP) is 8.68. The molecule has 4 rings (SSSR count). The minimum Gasteiger partial charge on any atom is -0.508 e. The number of phenols is 1. The Kier molecular flexibility index (Phi) is 8.70. The van der Waals surface area contributed by atoms with Gasteiger partial charge in [-0.05, 0) is 104 Å². The van der Waals surface area contributed by atoms with Crippen LogP contribution in [0, 0.1) is 23.2 Å². The average molecular weight is 612 g/mol. The summed E-state index contributed by atoms with van der Waals surface area (Å²) in [6, 6.07) is 1.54. The molecule has 1 aromatic rings. The van der Waals surface area contributed by atoms with E-state index >= 15 is 0 Å². The van der Waals surface area contributed by atoms with Crippen molar-refractivity contribution in [3.8, 4) is 5.75 Å². The van der Waals surface area contributed by atoms with Crippen molar-refractivity contribution >= 4 is 10.8 Å². The molecule has 5 unspecified atom stereocenters. The van der Waals surface area contributed by atoms with Crippen LogP contribution >= 0.6 is 0 Å². The highest BCUT2D eigenvalue weighted by Gasteiger charge is 2.57. The summed E-state index contributed by atoms with van der Waals surface area (Å²) in [6.45, 7) is 1.84. The molecule has 0 heterocycles. The molecule has 3 aliphatic rings. The normalized spacial score (nSPS) is 35.2. The van der Waals surface area contributed by atoms with Crippen molar-refractivity contribution in [2.75, 3.05) is 11.5 Å². The van der Waals surface area contributed by atoms with Gasteiger partial charge in [-0.3, -0.25) is 4.21 Å². The van der Waals surface area contributed by atoms with E-state index in [4.69, 9.17) is 6.85 Å². The maximum atomic E-state index is 13.0. The van der Waals surface area contributed by atoms with Crippen LogP contribution in [-0.2, 0) is 17.2 Å². The van der Waals surface area contributed by atoms with Crippen molar-refractivity contribution in [2.24, 2.45) is 23.2 Å². The zero-order chi connectivity index (χ0) is 34.3. The van der Waals surface area contributed by atoms with Crippen LogP contribution in [0.15, 0.2) is 18.2 Å². The minimum atomic E-state index is -5.58. The number of aliphatic hydroxyl groups is 1. The maximum absolute atomic E-state index is 13.0. The van der Waals surface area contributed by atoms with Gasteiger partial charge in [-0.15, -0.1) is 0 Å². The monoisotopic (exact) mass is 611 g/mol. The number of aromatic hydroxyl groups is 1. The highest BCUT2D eigenvalue weighted by molar-refractivity contribution is 7.84. The first kappa shape index (κ1) is 26.2. The van der Waals surface area contributed by atoms with Crippen molar-refractivity contribution in [1.29, 1.82) is 0 Å². The molecule has 0 aliphatic heterocycles. The maximum Gasteiger partial charge on any atom is 0.453 e. The molecule has 0 amide bonds. The fourth-order valence-electron chi connectivity index (χ4n) is 7.55. The van der Waals surface area contributed by atoms with Gasteiger partial charge in [0.1, 0.15) is 5.75 Å². The molecule has 2 saturated carbocycles. The van der Waals surface area contributed by atoms with Gasteiger partial charge in [-0.25, -0.2) is 0 Å². The molecule has 0 saturated heterocycles. The number of benzene rings is 1. The molecule has 0 spiro atoms. The minimum absolute atomic E-state index is 0.00963. The Morgan fingerprint density at radius 1 is 1.07 bits per heavy atom. The summed E-state index contributed by atoms with van der Waals surface area (Å²) in [5, 5.41) is 21.5. The van der Waals surface area contributed by atoms with Gasteiger partial charge in [-0.1, -0.05) is 51.5 Å². The third-order valence-corrected chi connectivity index (χ3v) is 11.4. The number of hydrogen-bond donors (Lipinski definition) is 2. The number of hydrogen-bond acceptors (Lipinski definition) is 3. The van der Waals surface area contributed by atoms with E-state index in [1.165, 1.54) is 0 Å². The first-order valence-electron chi connectivity index (χ1n) is 17.6. The molecule has 3 nitrogen and oxygen atoms in total. The molecule has 41 heavy (non-hydrogen) atoms. The second-order valence-corrected chi connectivity index (χ2v) is 14.2. The average Bonchev–Trinajstić information content (AvgIpc) is 3.10. The molecule has 2 fully saturated rings. The third kappa shape index (κ3) is 7.66. The standard InChI is InChI=1S/C32H47F5O3S/c1-30-17-15-26-25-12-11-24(38)21-23(25)20-22(29(26)27(30)13-14-28(30)39)10-7-5-3-2-4-6-8-18-41(40)19-9-16-31(33,34)32(35,36)37/h11-12,21-22,26-29,38-39H,2-10,13-20H2,1H3/t22?,26?,27?,28-,29?,30-,41?/m0/s1/i11D,14D2,21D,28D. The molecule has 0 radical (unpaired) electrons. The summed E-state index contributed by atoms with van der Waals surface area (Å²) in [7, 11) is -1.42. The van der Waals surface area contributed by atoms with Gasteiger partial charge in [0.05, 0.1) is 10.2 Å². The Morgan fingerprint density at radius 3 is 2.44 bits per heavy atom. The summed E-state index contributed by atoms with van der Waals surface area (Å²) in [5.74, 6) is -5.16. The lowest BCUT2D eigenvalue weighted by Gasteiger charge is -2.53. The number of phenolic OH excluding ortho intramolecular Hbond substituents is 1. The number of halogens is 5. The van der Waals surface area contributed by atoms with Crippen LogP contribution in [0.25, 0.3) is 0 Å². The fraction of sp³-hybridized carbons (Fsp3) is 0.812. The predicted molar refractivity (Wildman–Crippen MR) is 153 cm³/mol. The summed E-state index contributed by atoms with van der Waals surface area (Å²) < 4.78 is 117. The quantitative estimate of drug-likeness (QED) is 0.163. The third-order valence-electron chi connectivity index (χ3n) is 9.87. The van der Waals surface area contributed by atoms with E-state index in [0.29, 0.717) is 25.7 Å². The van der Waals surface area contributed by atoms with Crippen molar-refractivity contribution in [3.63, 3.8) is 0 Å². The van der Waals surface area contributed by atoms with Crippen LogP contribution in [0.5, 0.6) is 5.75 Å². The Morgan fingerprint density at radius 2 is 1.73 bits per heavy atom. The van der Waals surface area contributed by atoms with Gasteiger partial charge in [0.25, 0.3) is 0 Å². The number of alkyl halides is 5. The van der Waals surface area contributed by atoms with Gasteiger partial charge in [-0.2, -0.15) is 22.0 Å². The molecule has 3 aliphatic carbocycles. The number of unbranched alkanes of at least 4 members (excludes halogenated alkanes) is 6. The van der Waals surface area contributed by atoms with Crippen LogP contribution in [0.1, 0.15) is 121 Å². The van der Waals surface area contributed by atoms with E-state index in [-0.39, 0.29) is 59.4 Å². The molecule has 0 aromatic heterocycles. The highest BCUT2D eigenvalue weighted by atomic mass is 32.2. The zero-order valence-corrected chi connectivity index (χ0v) is 24.6. The van der Waals surface area contributed by atoms with Crippen LogP contribution in [0.2, 0.25) is 0 Å². The molecule has 7 atom stereocenters. The fourth-order valence-corrected chi connectivity index (χ4v) is 8.75. The largest absolute Gasteiger partial charge is 0.508 e. The van der Waals surface area contributed by atoms with Crippen molar-refractivity contribution in [1.82, 2.24) is 0 Å². The lowest BCUT2D eigenvalue weighted by Crippen LogP contribution is -2.47. The van der Waals surface area contributed by atoms with E-state index in [1.54, 1.807) is 6.07 Å². The van der Waals surface area contributed by atoms with E-state index in [2.05, 4.69) is 0 Å². The van der Waals surface area contributed by atoms with Gasteiger partial charge in [0, 0.05) is 31.5 Å². The second-order valence-electron chi connectivity index (χ2n) is 12.6. The molecule has 0 bridgehead atoms. The summed E-state index contributed by atoms with van der Waals surface area (Å²) in [6.07, 6.45) is -3.11. The Hall–Kier alpha value is -1.22. The van der Waals surface area contributed by atoms with Crippen LogP contribution in [0.4, 0.5) is 22.0 Å². The summed E-state index contributed by atoms with van der Waals surface area (Å²) in [4.78, 5) is 0. The molecular weight excluding hydrogens is 559 g/mol. The van der Waals surface area contributed by atoms with Gasteiger partial charge in [0.15, 0.2) is 0 Å². The summed E-state index contributed by atoms with van der Waals surface area (Å²) >= 11 is 0. The van der Waals surface area contributed by atoms with Gasteiger partial charge >= 0.3 is 12.1 Å². The lowest BCUT2D eigenvalue weighted by atomic mass is 9.52. The molecular formula is C32H47F5O3S. The van der Waals surface area contributed by atoms with E-state index < -0.39 is 53.6 Å². The van der Waals surface area contributed by atoms with Crippen LogP contribution in [0.3, 0.4) is 0 Å². The second kappa shape index (κ2) is 13.6. The van der Waals surface area contributed by atoms with Gasteiger partial charge in [0.2, 0.25) is 0 Å².